The lowest BCUT2D eigenvalue weighted by atomic mass is 10.0. The number of hydrogen-bond donors (Lipinski definition) is 0. The smallest absolute Gasteiger partial charge is 0.0167 e. The summed E-state index contributed by atoms with van der Waals surface area (Å²) in [6.07, 6.45) is 8.50. The van der Waals surface area contributed by atoms with Crippen molar-refractivity contribution in [3.8, 4) is 0 Å². The Kier molecular flexibility index (Phi) is 5.02. The van der Waals surface area contributed by atoms with Crippen LogP contribution in [0.3, 0.4) is 0 Å². The molecule has 1 saturated heterocycles. The predicted molar refractivity (Wildman–Crippen MR) is 78.8 cm³/mol. The van der Waals surface area contributed by atoms with Crippen molar-refractivity contribution >= 4 is 0 Å². The lowest BCUT2D eigenvalue weighted by Crippen LogP contribution is -2.47. The van der Waals surface area contributed by atoms with E-state index >= 15 is 0 Å². The van der Waals surface area contributed by atoms with Crippen LogP contribution in [-0.2, 0) is 0 Å². The Bertz CT molecular complexity index is 294. The Morgan fingerprint density at radius 1 is 1.22 bits per heavy atom. The molecule has 18 heavy (non-hydrogen) atoms. The largest absolute Gasteiger partial charge is 0.298 e. The van der Waals surface area contributed by atoms with Crippen molar-refractivity contribution in [2.24, 2.45) is 5.92 Å². The lowest BCUT2D eigenvalue weighted by molar-refractivity contribution is 0.136. The molecule has 102 valence electrons. The Morgan fingerprint density at radius 2 is 1.89 bits per heavy atom. The van der Waals surface area contributed by atoms with E-state index in [0.717, 1.165) is 19.0 Å². The molecule has 1 heterocycles. The van der Waals surface area contributed by atoms with Crippen LogP contribution in [0.1, 0.15) is 33.1 Å². The maximum absolute atomic E-state index is 4.11. The molecule has 0 bridgehead atoms. The summed E-state index contributed by atoms with van der Waals surface area (Å²) in [7, 11) is 0. The molecule has 2 fully saturated rings. The summed E-state index contributed by atoms with van der Waals surface area (Å²) in [5.74, 6) is 0.712. The maximum Gasteiger partial charge on any atom is 0.0167 e. The zero-order valence-corrected chi connectivity index (χ0v) is 12.1. The summed E-state index contributed by atoms with van der Waals surface area (Å²) in [6.45, 7) is 14.7. The van der Waals surface area contributed by atoms with E-state index in [1.165, 1.54) is 44.6 Å². The third-order valence-electron chi connectivity index (χ3n) is 3.86. The van der Waals surface area contributed by atoms with E-state index in [2.05, 4.69) is 42.4 Å². The normalized spacial score (nSPS) is 23.1. The minimum Gasteiger partial charge on any atom is -0.298 e. The van der Waals surface area contributed by atoms with Gasteiger partial charge in [-0.1, -0.05) is 38.2 Å². The SMILES string of the molecule is C=C(/C=C/CN1CCN(C2CC2)CC1)CC(C)C. The highest BCUT2D eigenvalue weighted by Gasteiger charge is 2.30. The van der Waals surface area contributed by atoms with Crippen molar-refractivity contribution in [2.45, 2.75) is 39.2 Å². The molecule has 0 aromatic heterocycles. The van der Waals surface area contributed by atoms with Gasteiger partial charge < -0.3 is 0 Å². The highest BCUT2D eigenvalue weighted by molar-refractivity contribution is 5.15. The highest BCUT2D eigenvalue weighted by Crippen LogP contribution is 2.27. The summed E-state index contributed by atoms with van der Waals surface area (Å²) in [4.78, 5) is 5.22. The molecular formula is C16H28N2. The van der Waals surface area contributed by atoms with Crippen LogP contribution in [0, 0.1) is 5.92 Å². The third kappa shape index (κ3) is 4.58. The Morgan fingerprint density at radius 3 is 2.44 bits per heavy atom. The molecule has 2 heteroatoms. The molecule has 0 radical (unpaired) electrons. The van der Waals surface area contributed by atoms with Gasteiger partial charge in [-0.15, -0.1) is 0 Å². The van der Waals surface area contributed by atoms with E-state index in [4.69, 9.17) is 0 Å². The van der Waals surface area contributed by atoms with Crippen LogP contribution in [0.2, 0.25) is 0 Å². The summed E-state index contributed by atoms with van der Waals surface area (Å²) >= 11 is 0. The second kappa shape index (κ2) is 6.53. The summed E-state index contributed by atoms with van der Waals surface area (Å²) in [5.41, 5.74) is 1.27. The molecule has 2 rings (SSSR count). The molecule has 1 aliphatic carbocycles. The standard InChI is InChI=1S/C16H28N2/c1-14(2)13-15(3)5-4-8-17-9-11-18(12-10-17)16-6-7-16/h4-5,14,16H,3,6-13H2,1-2H3/b5-4+. The van der Waals surface area contributed by atoms with Crippen molar-refractivity contribution in [3.63, 3.8) is 0 Å². The Labute approximate surface area is 112 Å². The van der Waals surface area contributed by atoms with Crippen LogP contribution in [0.5, 0.6) is 0 Å². The molecule has 0 aromatic rings. The van der Waals surface area contributed by atoms with Crippen LogP contribution >= 0.6 is 0 Å². The van der Waals surface area contributed by atoms with Crippen molar-refractivity contribution in [2.75, 3.05) is 32.7 Å². The first-order chi connectivity index (χ1) is 8.65. The van der Waals surface area contributed by atoms with Crippen LogP contribution in [0.15, 0.2) is 24.3 Å². The molecule has 1 saturated carbocycles. The molecule has 1 aliphatic heterocycles. The van der Waals surface area contributed by atoms with Gasteiger partial charge in [0.05, 0.1) is 0 Å². The fourth-order valence-electron chi connectivity index (χ4n) is 2.71. The second-order valence-electron chi connectivity index (χ2n) is 6.23. The lowest BCUT2D eigenvalue weighted by Gasteiger charge is -2.34. The van der Waals surface area contributed by atoms with Gasteiger partial charge in [-0.2, -0.15) is 0 Å². The summed E-state index contributed by atoms with van der Waals surface area (Å²) in [5, 5.41) is 0. The van der Waals surface area contributed by atoms with Crippen molar-refractivity contribution < 1.29 is 0 Å². The Hall–Kier alpha value is -0.600. The fourth-order valence-corrected chi connectivity index (χ4v) is 2.71. The molecule has 0 aromatic carbocycles. The van der Waals surface area contributed by atoms with Gasteiger partial charge >= 0.3 is 0 Å². The number of rotatable bonds is 6. The van der Waals surface area contributed by atoms with E-state index in [1.807, 2.05) is 0 Å². The van der Waals surface area contributed by atoms with E-state index < -0.39 is 0 Å². The average Bonchev–Trinajstić information content (AvgIpc) is 3.13. The quantitative estimate of drug-likeness (QED) is 0.667. The van der Waals surface area contributed by atoms with Crippen LogP contribution in [-0.4, -0.2) is 48.6 Å². The maximum atomic E-state index is 4.11. The van der Waals surface area contributed by atoms with Gasteiger partial charge in [-0.3, -0.25) is 9.80 Å². The van der Waals surface area contributed by atoms with Gasteiger partial charge in [0.25, 0.3) is 0 Å². The van der Waals surface area contributed by atoms with Crippen LogP contribution < -0.4 is 0 Å². The van der Waals surface area contributed by atoms with Crippen LogP contribution in [0.4, 0.5) is 0 Å². The molecule has 0 N–H and O–H groups in total. The number of allylic oxidation sites excluding steroid dienone is 2. The van der Waals surface area contributed by atoms with Crippen molar-refractivity contribution in [1.29, 1.82) is 0 Å². The Balaban J connectivity index is 1.62. The first-order valence-corrected chi connectivity index (χ1v) is 7.46. The first kappa shape index (κ1) is 13.8. The minimum atomic E-state index is 0.712. The fraction of sp³-hybridized carbons (Fsp3) is 0.750. The predicted octanol–water partition coefficient (Wildman–Crippen LogP) is 2.92. The summed E-state index contributed by atoms with van der Waals surface area (Å²) in [6, 6.07) is 0.938. The van der Waals surface area contributed by atoms with E-state index in [1.54, 1.807) is 0 Å². The van der Waals surface area contributed by atoms with Gasteiger partial charge in [-0.25, -0.2) is 0 Å². The van der Waals surface area contributed by atoms with Crippen molar-refractivity contribution in [1.82, 2.24) is 9.80 Å². The molecule has 0 amide bonds. The van der Waals surface area contributed by atoms with Gasteiger partial charge in [-0.05, 0) is 25.2 Å². The molecule has 0 atom stereocenters. The van der Waals surface area contributed by atoms with Gasteiger partial charge in [0.1, 0.15) is 0 Å². The molecule has 2 nitrogen and oxygen atoms in total. The topological polar surface area (TPSA) is 6.48 Å². The van der Waals surface area contributed by atoms with Gasteiger partial charge in [0.15, 0.2) is 0 Å². The minimum absolute atomic E-state index is 0.712. The molecule has 2 aliphatic rings. The van der Waals surface area contributed by atoms with Gasteiger partial charge in [0.2, 0.25) is 0 Å². The first-order valence-electron chi connectivity index (χ1n) is 7.46. The molecule has 0 unspecified atom stereocenters. The second-order valence-corrected chi connectivity index (χ2v) is 6.23. The zero-order valence-electron chi connectivity index (χ0n) is 12.1. The highest BCUT2D eigenvalue weighted by atomic mass is 15.3. The number of nitrogens with zero attached hydrogens (tertiary/aromatic N) is 2. The number of piperazine rings is 1. The van der Waals surface area contributed by atoms with Crippen molar-refractivity contribution in [3.05, 3.63) is 24.3 Å². The third-order valence-corrected chi connectivity index (χ3v) is 3.86. The van der Waals surface area contributed by atoms with E-state index in [0.29, 0.717) is 5.92 Å². The average molecular weight is 248 g/mol. The van der Waals surface area contributed by atoms with E-state index in [9.17, 15) is 0 Å². The van der Waals surface area contributed by atoms with Crippen LogP contribution in [0.25, 0.3) is 0 Å². The molecular weight excluding hydrogens is 220 g/mol. The molecule has 0 spiro atoms. The number of hydrogen-bond acceptors (Lipinski definition) is 2. The zero-order chi connectivity index (χ0) is 13.0. The monoisotopic (exact) mass is 248 g/mol. The van der Waals surface area contributed by atoms with E-state index in [-0.39, 0.29) is 0 Å². The van der Waals surface area contributed by atoms with Gasteiger partial charge in [0, 0.05) is 38.8 Å². The summed E-state index contributed by atoms with van der Waals surface area (Å²) < 4.78 is 0.